The van der Waals surface area contributed by atoms with Crippen LogP contribution in [0.2, 0.25) is 0 Å². The van der Waals surface area contributed by atoms with Crippen molar-refractivity contribution in [1.82, 2.24) is 15.3 Å². The normalized spacial score (nSPS) is 17.7. The molecule has 0 saturated heterocycles. The number of pyridine rings is 1. The van der Waals surface area contributed by atoms with Crippen LogP contribution in [0, 0.1) is 11.3 Å². The zero-order valence-electron chi connectivity index (χ0n) is 11.7. The summed E-state index contributed by atoms with van der Waals surface area (Å²) in [5.74, 6) is -0.249. The topological polar surface area (TPSA) is 142 Å². The van der Waals surface area contributed by atoms with Crippen molar-refractivity contribution in [3.8, 4) is 6.07 Å². The number of nitriles is 1. The van der Waals surface area contributed by atoms with E-state index in [1.807, 2.05) is 17.0 Å². The third-order valence-corrected chi connectivity index (χ3v) is 3.50. The fourth-order valence-corrected chi connectivity index (χ4v) is 2.58. The van der Waals surface area contributed by atoms with Crippen LogP contribution < -0.4 is 16.0 Å². The van der Waals surface area contributed by atoms with E-state index >= 15 is 0 Å². The number of H-pyrrole nitrogens is 1. The van der Waals surface area contributed by atoms with E-state index in [-0.39, 0.29) is 23.8 Å². The van der Waals surface area contributed by atoms with Gasteiger partial charge in [-0.15, -0.1) is 0 Å². The monoisotopic (exact) mass is 300 g/mol. The molecule has 0 fully saturated rings. The Bertz CT molecular complexity index is 693. The number of nitrogens with one attached hydrogen (secondary N) is 2. The largest absolute Gasteiger partial charge is 0.412 e. The second-order valence-electron chi connectivity index (χ2n) is 4.73. The van der Waals surface area contributed by atoms with Gasteiger partial charge in [0, 0.05) is 18.6 Å². The van der Waals surface area contributed by atoms with Crippen LogP contribution in [0.15, 0.2) is 36.8 Å². The molecular weight excluding hydrogens is 284 g/mol. The van der Waals surface area contributed by atoms with Gasteiger partial charge in [0.05, 0.1) is 24.2 Å². The summed E-state index contributed by atoms with van der Waals surface area (Å²) in [7, 11) is 0. The van der Waals surface area contributed by atoms with Crippen LogP contribution in [0.4, 0.5) is 5.69 Å². The number of hydrogen-bond acceptors (Lipinski definition) is 5. The third-order valence-electron chi connectivity index (χ3n) is 3.50. The van der Waals surface area contributed by atoms with Crippen molar-refractivity contribution in [3.05, 3.63) is 48.0 Å². The molecule has 0 radical (unpaired) electrons. The van der Waals surface area contributed by atoms with Gasteiger partial charge in [-0.05, 0) is 17.7 Å². The van der Waals surface area contributed by atoms with Gasteiger partial charge < -0.3 is 20.7 Å². The summed E-state index contributed by atoms with van der Waals surface area (Å²) in [6.45, 7) is 0. The second-order valence-corrected chi connectivity index (χ2v) is 4.73. The first-order valence-electron chi connectivity index (χ1n) is 6.51. The molecule has 2 aromatic rings. The summed E-state index contributed by atoms with van der Waals surface area (Å²) in [5.41, 5.74) is 8.07. The molecule has 3 rings (SSSR count). The highest BCUT2D eigenvalue weighted by Crippen LogP contribution is 2.34. The minimum Gasteiger partial charge on any atom is -0.412 e. The SMILES string of the molecule is N#CCC(c1cccnc1)N1c2cc[nH]c2C(=O)NC1N.O. The highest BCUT2D eigenvalue weighted by Gasteiger charge is 2.34. The molecule has 22 heavy (non-hydrogen) atoms. The van der Waals surface area contributed by atoms with Crippen LogP contribution >= 0.6 is 0 Å². The number of nitrogens with zero attached hydrogens (tertiary/aromatic N) is 3. The average molecular weight is 300 g/mol. The van der Waals surface area contributed by atoms with Gasteiger partial charge in [-0.3, -0.25) is 15.5 Å². The van der Waals surface area contributed by atoms with Crippen LogP contribution in [-0.2, 0) is 0 Å². The van der Waals surface area contributed by atoms with Gasteiger partial charge in [0.1, 0.15) is 5.69 Å². The number of carbonyl (C=O) groups is 1. The highest BCUT2D eigenvalue weighted by molar-refractivity contribution is 6.00. The number of rotatable bonds is 3. The number of nitrogens with two attached hydrogens (primary N) is 1. The molecule has 2 atom stereocenters. The summed E-state index contributed by atoms with van der Waals surface area (Å²) in [6.07, 6.45) is 4.60. The Kier molecular flexibility index (Phi) is 4.41. The summed E-state index contributed by atoms with van der Waals surface area (Å²) in [4.78, 5) is 20.7. The third kappa shape index (κ3) is 2.50. The van der Waals surface area contributed by atoms with Crippen molar-refractivity contribution in [2.45, 2.75) is 18.8 Å². The van der Waals surface area contributed by atoms with Crippen molar-refractivity contribution in [2.24, 2.45) is 5.73 Å². The zero-order valence-corrected chi connectivity index (χ0v) is 11.7. The predicted molar refractivity (Wildman–Crippen MR) is 79.5 cm³/mol. The molecule has 1 amide bonds. The first-order valence-corrected chi connectivity index (χ1v) is 6.51. The van der Waals surface area contributed by atoms with Crippen LogP contribution in [0.1, 0.15) is 28.5 Å². The molecule has 2 aromatic heterocycles. The first-order chi connectivity index (χ1) is 10.2. The van der Waals surface area contributed by atoms with E-state index in [9.17, 15) is 4.79 Å². The van der Waals surface area contributed by atoms with Crippen molar-refractivity contribution >= 4 is 11.6 Å². The van der Waals surface area contributed by atoms with Crippen molar-refractivity contribution in [3.63, 3.8) is 0 Å². The molecule has 0 spiro atoms. The standard InChI is InChI=1S/C14H14N6O.H2O/c15-5-3-10(9-2-1-6-17-8-9)20-11-4-7-18-12(11)13(21)19-14(20)16;/h1-2,4,6-8,10,14,18H,3,16H2,(H,19,21);1H2. The van der Waals surface area contributed by atoms with E-state index < -0.39 is 6.29 Å². The number of aromatic nitrogens is 2. The number of amides is 1. The predicted octanol–water partition coefficient (Wildman–Crippen LogP) is 0.0321. The molecule has 1 aliphatic heterocycles. The van der Waals surface area contributed by atoms with Crippen LogP contribution in [-0.4, -0.2) is 27.6 Å². The molecule has 0 saturated carbocycles. The number of hydrogen-bond donors (Lipinski definition) is 3. The molecular formula is C14H16N6O2. The molecule has 1 aliphatic rings. The number of carbonyl (C=O) groups excluding carboxylic acids is 1. The first kappa shape index (κ1) is 15.5. The lowest BCUT2D eigenvalue weighted by Crippen LogP contribution is -2.58. The van der Waals surface area contributed by atoms with E-state index in [4.69, 9.17) is 11.0 Å². The van der Waals surface area contributed by atoms with E-state index in [2.05, 4.69) is 21.4 Å². The van der Waals surface area contributed by atoms with Gasteiger partial charge in [0.15, 0.2) is 6.29 Å². The van der Waals surface area contributed by atoms with Gasteiger partial charge in [-0.25, -0.2) is 0 Å². The van der Waals surface area contributed by atoms with Gasteiger partial charge in [0.25, 0.3) is 5.91 Å². The lowest BCUT2D eigenvalue weighted by Gasteiger charge is -2.40. The van der Waals surface area contributed by atoms with Gasteiger partial charge >= 0.3 is 0 Å². The van der Waals surface area contributed by atoms with E-state index in [1.165, 1.54) is 0 Å². The van der Waals surface area contributed by atoms with Crippen molar-refractivity contribution < 1.29 is 10.3 Å². The Balaban J connectivity index is 0.00000176. The Morgan fingerprint density at radius 3 is 3.00 bits per heavy atom. The maximum absolute atomic E-state index is 11.9. The van der Waals surface area contributed by atoms with Crippen LogP contribution in [0.25, 0.3) is 0 Å². The molecule has 0 aliphatic carbocycles. The maximum atomic E-state index is 11.9. The Labute approximate surface area is 126 Å². The van der Waals surface area contributed by atoms with Crippen LogP contribution in [0.3, 0.4) is 0 Å². The van der Waals surface area contributed by atoms with Gasteiger partial charge in [0.2, 0.25) is 0 Å². The number of aromatic amines is 1. The lowest BCUT2D eigenvalue weighted by atomic mass is 10.0. The zero-order chi connectivity index (χ0) is 14.8. The van der Waals surface area contributed by atoms with Gasteiger partial charge in [-0.2, -0.15) is 5.26 Å². The van der Waals surface area contributed by atoms with Crippen molar-refractivity contribution in [2.75, 3.05) is 4.90 Å². The molecule has 8 nitrogen and oxygen atoms in total. The lowest BCUT2D eigenvalue weighted by molar-refractivity contribution is 0.0921. The Morgan fingerprint density at radius 2 is 2.32 bits per heavy atom. The van der Waals surface area contributed by atoms with Gasteiger partial charge in [-0.1, -0.05) is 6.07 Å². The molecule has 3 heterocycles. The smallest absolute Gasteiger partial charge is 0.272 e. The van der Waals surface area contributed by atoms with E-state index in [0.717, 1.165) is 5.56 Å². The molecule has 0 bridgehead atoms. The van der Waals surface area contributed by atoms with E-state index in [0.29, 0.717) is 11.4 Å². The number of fused-ring (bicyclic) bond motifs is 1. The maximum Gasteiger partial charge on any atom is 0.272 e. The molecule has 0 aromatic carbocycles. The van der Waals surface area contributed by atoms with Crippen molar-refractivity contribution in [1.29, 1.82) is 5.26 Å². The molecule has 114 valence electrons. The summed E-state index contributed by atoms with van der Waals surface area (Å²) >= 11 is 0. The minimum absolute atomic E-state index is 0. The molecule has 6 N–H and O–H groups in total. The fourth-order valence-electron chi connectivity index (χ4n) is 2.58. The minimum atomic E-state index is -0.695. The quantitative estimate of drug-likeness (QED) is 0.733. The second kappa shape index (κ2) is 6.26. The average Bonchev–Trinajstić information content (AvgIpc) is 2.97. The van der Waals surface area contributed by atoms with Crippen LogP contribution in [0.5, 0.6) is 0 Å². The Hall–Kier alpha value is -2.89. The Morgan fingerprint density at radius 1 is 1.50 bits per heavy atom. The molecule has 2 unspecified atom stereocenters. The highest BCUT2D eigenvalue weighted by atomic mass is 16.2. The summed E-state index contributed by atoms with van der Waals surface area (Å²) in [5, 5.41) is 11.8. The molecule has 8 heteroatoms. The fraction of sp³-hybridized carbons (Fsp3) is 0.214. The summed E-state index contributed by atoms with van der Waals surface area (Å²) in [6, 6.07) is 7.38. The van der Waals surface area contributed by atoms with E-state index in [1.54, 1.807) is 24.7 Å². The number of anilines is 1. The summed E-state index contributed by atoms with van der Waals surface area (Å²) < 4.78 is 0.